The average Bonchev–Trinajstić information content (AvgIpc) is 2.67. The van der Waals surface area contributed by atoms with Gasteiger partial charge in [-0.25, -0.2) is 0 Å². The summed E-state index contributed by atoms with van der Waals surface area (Å²) < 4.78 is 7.95. The smallest absolute Gasteiger partial charge is 0.146 e. The zero-order valence-electron chi connectivity index (χ0n) is 14.4. The Hall–Kier alpha value is -1.27. The lowest BCUT2D eigenvalue weighted by atomic mass is 10.0. The van der Waals surface area contributed by atoms with Gasteiger partial charge in [0.05, 0.1) is 18.8 Å². The van der Waals surface area contributed by atoms with Gasteiger partial charge in [0.15, 0.2) is 0 Å². The number of nitriles is 1. The van der Waals surface area contributed by atoms with Gasteiger partial charge in [-0.1, -0.05) is 59.6 Å². The Morgan fingerprint density at radius 1 is 1.00 bits per heavy atom. The van der Waals surface area contributed by atoms with E-state index in [2.05, 4.69) is 51.3 Å². The fraction of sp³-hybridized carbons (Fsp3) is 0.0455. The predicted molar refractivity (Wildman–Crippen MR) is 133 cm³/mol. The SMILES string of the molecule is N#C/C(=C/c1cc(I)c(OCc2ccc(Cl)cc2Cl)c(I)c1)c1ccccc1. The van der Waals surface area contributed by atoms with E-state index in [1.165, 1.54) is 0 Å². The van der Waals surface area contributed by atoms with Crippen LogP contribution >= 0.6 is 68.4 Å². The van der Waals surface area contributed by atoms with Crippen molar-refractivity contribution < 1.29 is 4.74 Å². The molecule has 0 spiro atoms. The van der Waals surface area contributed by atoms with Crippen LogP contribution in [0.3, 0.4) is 0 Å². The van der Waals surface area contributed by atoms with Crippen LogP contribution < -0.4 is 4.74 Å². The van der Waals surface area contributed by atoms with E-state index in [0.29, 0.717) is 22.2 Å². The van der Waals surface area contributed by atoms with Crippen molar-refractivity contribution >= 4 is 80.0 Å². The Balaban J connectivity index is 1.85. The van der Waals surface area contributed by atoms with Gasteiger partial charge in [0.25, 0.3) is 0 Å². The predicted octanol–water partition coefficient (Wildman–Crippen LogP) is 7.85. The molecule has 0 radical (unpaired) electrons. The summed E-state index contributed by atoms with van der Waals surface area (Å²) in [6, 6.07) is 21.3. The van der Waals surface area contributed by atoms with E-state index in [4.69, 9.17) is 27.9 Å². The van der Waals surface area contributed by atoms with Gasteiger partial charge in [0.1, 0.15) is 12.4 Å². The molecule has 28 heavy (non-hydrogen) atoms. The molecule has 0 bridgehead atoms. The minimum atomic E-state index is 0.352. The van der Waals surface area contributed by atoms with Crippen molar-refractivity contribution in [1.82, 2.24) is 0 Å². The molecule has 3 aromatic carbocycles. The number of hydrogen-bond donors (Lipinski definition) is 0. The summed E-state index contributed by atoms with van der Waals surface area (Å²) in [5.74, 6) is 0.794. The summed E-state index contributed by atoms with van der Waals surface area (Å²) in [6.07, 6.45) is 1.89. The summed E-state index contributed by atoms with van der Waals surface area (Å²) in [6.45, 7) is 0.352. The Morgan fingerprint density at radius 3 is 2.29 bits per heavy atom. The van der Waals surface area contributed by atoms with Crippen LogP contribution in [0, 0.1) is 18.5 Å². The molecule has 0 aliphatic heterocycles. The third-order valence-electron chi connectivity index (χ3n) is 3.92. The van der Waals surface area contributed by atoms with Crippen molar-refractivity contribution in [3.8, 4) is 11.8 Å². The highest BCUT2D eigenvalue weighted by Gasteiger charge is 2.11. The standard InChI is InChI=1S/C22H13Cl2I2NO/c23-18-7-6-16(19(24)11-18)13-28-22-20(25)9-14(10-21(22)26)8-17(12-27)15-4-2-1-3-5-15/h1-11H,13H2/b17-8-. The highest BCUT2D eigenvalue weighted by molar-refractivity contribution is 14.1. The zero-order chi connectivity index (χ0) is 20.1. The molecule has 0 heterocycles. The maximum Gasteiger partial charge on any atom is 0.146 e. The third kappa shape index (κ3) is 5.41. The molecule has 3 rings (SSSR count). The van der Waals surface area contributed by atoms with Crippen molar-refractivity contribution in [3.05, 3.63) is 94.5 Å². The molecular weight excluding hydrogens is 619 g/mol. The summed E-state index contributed by atoms with van der Waals surface area (Å²) in [5.41, 5.74) is 3.34. The van der Waals surface area contributed by atoms with Crippen LogP contribution in [0.4, 0.5) is 0 Å². The molecule has 0 saturated carbocycles. The highest BCUT2D eigenvalue weighted by atomic mass is 127. The quantitative estimate of drug-likeness (QED) is 0.163. The number of ether oxygens (including phenoxy) is 1. The maximum absolute atomic E-state index is 9.52. The van der Waals surface area contributed by atoms with Crippen LogP contribution in [-0.4, -0.2) is 0 Å². The number of nitrogens with zero attached hydrogens (tertiary/aromatic N) is 1. The monoisotopic (exact) mass is 631 g/mol. The van der Waals surface area contributed by atoms with Gasteiger partial charge in [-0.15, -0.1) is 0 Å². The first-order chi connectivity index (χ1) is 13.5. The Morgan fingerprint density at radius 2 is 1.68 bits per heavy atom. The normalized spacial score (nSPS) is 11.2. The molecule has 0 aliphatic rings. The molecule has 0 aliphatic carbocycles. The molecule has 2 nitrogen and oxygen atoms in total. The second-order valence-corrected chi connectivity index (χ2v) is 9.04. The Kier molecular flexibility index (Phi) is 7.63. The van der Waals surface area contributed by atoms with Crippen LogP contribution in [0.2, 0.25) is 10.0 Å². The molecule has 0 saturated heterocycles. The van der Waals surface area contributed by atoms with Gasteiger partial charge < -0.3 is 4.74 Å². The van der Waals surface area contributed by atoms with Crippen LogP contribution in [0.1, 0.15) is 16.7 Å². The number of halogens is 4. The van der Waals surface area contributed by atoms with Crippen molar-refractivity contribution in [2.45, 2.75) is 6.61 Å². The number of hydrogen-bond acceptors (Lipinski definition) is 2. The lowest BCUT2D eigenvalue weighted by Gasteiger charge is -2.13. The van der Waals surface area contributed by atoms with E-state index in [0.717, 1.165) is 29.6 Å². The second kappa shape index (κ2) is 9.97. The number of rotatable bonds is 5. The van der Waals surface area contributed by atoms with E-state index >= 15 is 0 Å². The first-order valence-corrected chi connectivity index (χ1v) is 11.1. The van der Waals surface area contributed by atoms with Gasteiger partial charge in [-0.3, -0.25) is 0 Å². The largest absolute Gasteiger partial charge is 0.487 e. The minimum absolute atomic E-state index is 0.352. The van der Waals surface area contributed by atoms with Gasteiger partial charge >= 0.3 is 0 Å². The summed E-state index contributed by atoms with van der Waals surface area (Å²) >= 11 is 16.7. The summed E-state index contributed by atoms with van der Waals surface area (Å²) in [7, 11) is 0. The van der Waals surface area contributed by atoms with Gasteiger partial charge in [-0.2, -0.15) is 5.26 Å². The number of benzene rings is 3. The lowest BCUT2D eigenvalue weighted by Crippen LogP contribution is -2.00. The Labute approximate surface area is 201 Å². The van der Waals surface area contributed by atoms with E-state index in [9.17, 15) is 5.26 Å². The molecule has 140 valence electrons. The van der Waals surface area contributed by atoms with E-state index < -0.39 is 0 Å². The highest BCUT2D eigenvalue weighted by Crippen LogP contribution is 2.32. The van der Waals surface area contributed by atoms with Gasteiger partial charge in [-0.05, 0) is 86.7 Å². The number of allylic oxidation sites excluding steroid dienone is 1. The first kappa shape index (κ1) is 21.4. The van der Waals surface area contributed by atoms with Crippen molar-refractivity contribution in [2.24, 2.45) is 0 Å². The average molecular weight is 632 g/mol. The molecule has 3 aromatic rings. The third-order valence-corrected chi connectivity index (χ3v) is 6.11. The molecule has 0 aromatic heterocycles. The van der Waals surface area contributed by atoms with Gasteiger partial charge in [0.2, 0.25) is 0 Å². The van der Waals surface area contributed by atoms with E-state index in [1.807, 2.05) is 54.6 Å². The van der Waals surface area contributed by atoms with Crippen molar-refractivity contribution in [3.63, 3.8) is 0 Å². The van der Waals surface area contributed by atoms with Gasteiger partial charge in [0, 0.05) is 15.6 Å². The van der Waals surface area contributed by atoms with E-state index in [-0.39, 0.29) is 0 Å². The van der Waals surface area contributed by atoms with E-state index in [1.54, 1.807) is 12.1 Å². The molecule has 0 N–H and O–H groups in total. The lowest BCUT2D eigenvalue weighted by molar-refractivity contribution is 0.302. The topological polar surface area (TPSA) is 33.0 Å². The molecular formula is C22H13Cl2I2NO. The van der Waals surface area contributed by atoms with Crippen molar-refractivity contribution in [2.75, 3.05) is 0 Å². The summed E-state index contributed by atoms with van der Waals surface area (Å²) in [4.78, 5) is 0. The van der Waals surface area contributed by atoms with Crippen LogP contribution in [0.25, 0.3) is 11.6 Å². The molecule has 6 heteroatoms. The van der Waals surface area contributed by atoms with Crippen LogP contribution in [0.15, 0.2) is 60.7 Å². The second-order valence-electron chi connectivity index (χ2n) is 5.87. The van der Waals surface area contributed by atoms with Crippen molar-refractivity contribution in [1.29, 1.82) is 5.26 Å². The fourth-order valence-electron chi connectivity index (χ4n) is 2.55. The maximum atomic E-state index is 9.52. The minimum Gasteiger partial charge on any atom is -0.487 e. The fourth-order valence-corrected chi connectivity index (χ4v) is 5.14. The first-order valence-electron chi connectivity index (χ1n) is 8.21. The molecule has 0 fully saturated rings. The Bertz CT molecular complexity index is 1050. The zero-order valence-corrected chi connectivity index (χ0v) is 20.3. The molecule has 0 unspecified atom stereocenters. The van der Waals surface area contributed by atoms with Crippen LogP contribution in [0.5, 0.6) is 5.75 Å². The van der Waals surface area contributed by atoms with Crippen LogP contribution in [-0.2, 0) is 6.61 Å². The molecule has 0 atom stereocenters. The summed E-state index contributed by atoms with van der Waals surface area (Å²) in [5, 5.41) is 10.7. The molecule has 0 amide bonds.